The van der Waals surface area contributed by atoms with Gasteiger partial charge in [-0.1, -0.05) is 23.2 Å². The van der Waals surface area contributed by atoms with Crippen LogP contribution in [0.4, 0.5) is 5.69 Å². The van der Waals surface area contributed by atoms with Gasteiger partial charge in [0.05, 0.1) is 23.1 Å². The number of carbonyl (C=O) groups is 2. The monoisotopic (exact) mass is 408 g/mol. The van der Waals surface area contributed by atoms with Crippen molar-refractivity contribution >= 4 is 40.7 Å². The molecule has 0 aromatic heterocycles. The Bertz CT molecular complexity index is 790. The normalized spacial score (nSPS) is 10.4. The minimum absolute atomic E-state index is 0.0205. The number of rotatable bonds is 8. The lowest BCUT2D eigenvalue weighted by molar-refractivity contribution is -0.116. The average molecular weight is 409 g/mol. The molecule has 0 radical (unpaired) electrons. The minimum Gasteiger partial charge on any atom is -0.493 e. The van der Waals surface area contributed by atoms with Gasteiger partial charge in [-0.2, -0.15) is 0 Å². The molecule has 0 aliphatic rings. The maximum absolute atomic E-state index is 12.3. The number of carbonyl (C=O) groups excluding carboxylic acids is 2. The van der Waals surface area contributed by atoms with Crippen LogP contribution in [0.5, 0.6) is 5.75 Å². The SMILES string of the molecule is CCN(CC)C(=O)c1ccc(NC(=O)CCOc2ccc(Cl)c(Cl)c2)cc1. The van der Waals surface area contributed by atoms with Gasteiger partial charge in [0.25, 0.3) is 5.91 Å². The molecule has 27 heavy (non-hydrogen) atoms. The van der Waals surface area contributed by atoms with E-state index in [1.165, 1.54) is 0 Å². The van der Waals surface area contributed by atoms with Crippen LogP contribution in [-0.4, -0.2) is 36.4 Å². The standard InChI is InChI=1S/C20H22Cl2N2O3/c1-3-24(4-2)20(26)14-5-7-15(8-6-14)23-19(25)11-12-27-16-9-10-17(21)18(22)13-16/h5-10,13H,3-4,11-12H2,1-2H3,(H,23,25). The summed E-state index contributed by atoms with van der Waals surface area (Å²) in [5.41, 5.74) is 1.23. The van der Waals surface area contributed by atoms with E-state index in [0.29, 0.717) is 40.1 Å². The highest BCUT2D eigenvalue weighted by molar-refractivity contribution is 6.42. The van der Waals surface area contributed by atoms with Gasteiger partial charge in [0.2, 0.25) is 5.91 Å². The molecule has 0 spiro atoms. The fraction of sp³-hybridized carbons (Fsp3) is 0.300. The molecule has 0 unspecified atom stereocenters. The summed E-state index contributed by atoms with van der Waals surface area (Å²) in [5, 5.41) is 3.63. The van der Waals surface area contributed by atoms with Gasteiger partial charge in [0.1, 0.15) is 5.75 Å². The van der Waals surface area contributed by atoms with Crippen molar-refractivity contribution in [3.05, 3.63) is 58.1 Å². The van der Waals surface area contributed by atoms with Crippen LogP contribution in [0.1, 0.15) is 30.6 Å². The van der Waals surface area contributed by atoms with Crippen LogP contribution >= 0.6 is 23.2 Å². The van der Waals surface area contributed by atoms with Crippen LogP contribution in [-0.2, 0) is 4.79 Å². The Kier molecular flexibility index (Phi) is 7.95. The number of benzene rings is 2. The van der Waals surface area contributed by atoms with Crippen LogP contribution in [0, 0.1) is 0 Å². The van der Waals surface area contributed by atoms with Gasteiger partial charge < -0.3 is 15.0 Å². The number of hydrogen-bond acceptors (Lipinski definition) is 3. The zero-order valence-electron chi connectivity index (χ0n) is 15.3. The lowest BCUT2D eigenvalue weighted by Crippen LogP contribution is -2.30. The molecule has 1 N–H and O–H groups in total. The van der Waals surface area contributed by atoms with Gasteiger partial charge in [0, 0.05) is 30.4 Å². The fourth-order valence-corrected chi connectivity index (χ4v) is 2.73. The van der Waals surface area contributed by atoms with Crippen molar-refractivity contribution in [2.75, 3.05) is 25.0 Å². The van der Waals surface area contributed by atoms with Crippen LogP contribution in [0.3, 0.4) is 0 Å². The van der Waals surface area contributed by atoms with Gasteiger partial charge in [-0.15, -0.1) is 0 Å². The van der Waals surface area contributed by atoms with E-state index in [0.717, 1.165) is 0 Å². The van der Waals surface area contributed by atoms with Crippen LogP contribution in [0.25, 0.3) is 0 Å². The van der Waals surface area contributed by atoms with Crippen molar-refractivity contribution in [3.63, 3.8) is 0 Å². The first-order chi connectivity index (χ1) is 12.9. The van der Waals surface area contributed by atoms with Crippen LogP contribution < -0.4 is 10.1 Å². The topological polar surface area (TPSA) is 58.6 Å². The molecule has 2 rings (SSSR count). The number of anilines is 1. The summed E-state index contributed by atoms with van der Waals surface area (Å²) in [6.07, 6.45) is 0.181. The molecular formula is C20H22Cl2N2O3. The number of amides is 2. The third-order valence-corrected chi connectivity index (χ3v) is 4.69. The van der Waals surface area contributed by atoms with E-state index in [-0.39, 0.29) is 24.8 Å². The molecule has 0 fully saturated rings. The van der Waals surface area contributed by atoms with E-state index in [4.69, 9.17) is 27.9 Å². The van der Waals surface area contributed by atoms with Gasteiger partial charge >= 0.3 is 0 Å². The van der Waals surface area contributed by atoms with E-state index in [2.05, 4.69) is 5.32 Å². The predicted octanol–water partition coefficient (Wildman–Crippen LogP) is 4.88. The number of nitrogens with zero attached hydrogens (tertiary/aromatic N) is 1. The first-order valence-corrected chi connectivity index (χ1v) is 9.47. The molecular weight excluding hydrogens is 387 g/mol. The third kappa shape index (κ3) is 6.15. The number of halogens is 2. The molecule has 2 aromatic carbocycles. The lowest BCUT2D eigenvalue weighted by atomic mass is 10.1. The second-order valence-corrected chi connectivity index (χ2v) is 6.59. The van der Waals surface area contributed by atoms with Gasteiger partial charge in [-0.3, -0.25) is 9.59 Å². The molecule has 0 heterocycles. The molecule has 7 heteroatoms. The predicted molar refractivity (Wildman–Crippen MR) is 109 cm³/mol. The quantitative estimate of drug-likeness (QED) is 0.676. The van der Waals surface area contributed by atoms with Crippen molar-refractivity contribution in [2.24, 2.45) is 0 Å². The van der Waals surface area contributed by atoms with Crippen molar-refractivity contribution < 1.29 is 14.3 Å². The third-order valence-electron chi connectivity index (χ3n) is 3.96. The summed E-state index contributed by atoms with van der Waals surface area (Å²) < 4.78 is 5.50. The van der Waals surface area contributed by atoms with Crippen LogP contribution in [0.2, 0.25) is 10.0 Å². The highest BCUT2D eigenvalue weighted by Gasteiger charge is 2.12. The molecule has 0 bridgehead atoms. The Morgan fingerprint density at radius 3 is 2.26 bits per heavy atom. The molecule has 2 aromatic rings. The summed E-state index contributed by atoms with van der Waals surface area (Å²) >= 11 is 11.8. The minimum atomic E-state index is -0.183. The smallest absolute Gasteiger partial charge is 0.253 e. The first kappa shape index (κ1) is 21.1. The van der Waals surface area contributed by atoms with Crippen molar-refractivity contribution in [2.45, 2.75) is 20.3 Å². The maximum atomic E-state index is 12.3. The number of nitrogens with one attached hydrogen (secondary N) is 1. The number of hydrogen-bond donors (Lipinski definition) is 1. The van der Waals surface area contributed by atoms with Crippen molar-refractivity contribution in [1.29, 1.82) is 0 Å². The van der Waals surface area contributed by atoms with Gasteiger partial charge in [-0.25, -0.2) is 0 Å². The zero-order valence-corrected chi connectivity index (χ0v) is 16.8. The summed E-state index contributed by atoms with van der Waals surface area (Å²) in [6.45, 7) is 5.41. The van der Waals surface area contributed by atoms with E-state index in [9.17, 15) is 9.59 Å². The summed E-state index contributed by atoms with van der Waals surface area (Å²) in [5.74, 6) is 0.349. The van der Waals surface area contributed by atoms with E-state index >= 15 is 0 Å². The Morgan fingerprint density at radius 2 is 1.67 bits per heavy atom. The summed E-state index contributed by atoms with van der Waals surface area (Å²) in [7, 11) is 0. The summed E-state index contributed by atoms with van der Waals surface area (Å²) in [4.78, 5) is 26.0. The van der Waals surface area contributed by atoms with Crippen molar-refractivity contribution in [3.8, 4) is 5.75 Å². The maximum Gasteiger partial charge on any atom is 0.253 e. The van der Waals surface area contributed by atoms with E-state index < -0.39 is 0 Å². The second-order valence-electron chi connectivity index (χ2n) is 5.78. The molecule has 0 atom stereocenters. The zero-order chi connectivity index (χ0) is 19.8. The van der Waals surface area contributed by atoms with Gasteiger partial charge in [-0.05, 0) is 50.2 Å². The highest BCUT2D eigenvalue weighted by atomic mass is 35.5. The number of ether oxygens (including phenoxy) is 1. The molecule has 0 aliphatic heterocycles. The molecule has 144 valence electrons. The Hall–Kier alpha value is -2.24. The van der Waals surface area contributed by atoms with E-state index in [1.54, 1.807) is 47.4 Å². The van der Waals surface area contributed by atoms with Gasteiger partial charge in [0.15, 0.2) is 0 Å². The highest BCUT2D eigenvalue weighted by Crippen LogP contribution is 2.26. The van der Waals surface area contributed by atoms with Crippen LogP contribution in [0.15, 0.2) is 42.5 Å². The second kappa shape index (κ2) is 10.2. The largest absolute Gasteiger partial charge is 0.493 e. The summed E-state index contributed by atoms with van der Waals surface area (Å²) in [6, 6.07) is 11.8. The Balaban J connectivity index is 1.83. The fourth-order valence-electron chi connectivity index (χ4n) is 2.44. The average Bonchev–Trinajstić information content (AvgIpc) is 2.66. The molecule has 5 nitrogen and oxygen atoms in total. The first-order valence-electron chi connectivity index (χ1n) is 8.71. The Labute approximate surface area is 169 Å². The Morgan fingerprint density at radius 1 is 1.00 bits per heavy atom. The molecule has 2 amide bonds. The van der Waals surface area contributed by atoms with Crippen molar-refractivity contribution in [1.82, 2.24) is 4.90 Å². The molecule has 0 saturated heterocycles. The molecule has 0 saturated carbocycles. The molecule has 0 aliphatic carbocycles. The van der Waals surface area contributed by atoms with E-state index in [1.807, 2.05) is 13.8 Å². The lowest BCUT2D eigenvalue weighted by Gasteiger charge is -2.18.